The molecule has 8 heteroatoms. The lowest BCUT2D eigenvalue weighted by molar-refractivity contribution is -0.137. The van der Waals surface area contributed by atoms with Gasteiger partial charge in [-0.1, -0.05) is 0 Å². The van der Waals surface area contributed by atoms with Crippen molar-refractivity contribution in [2.75, 3.05) is 0 Å². The Morgan fingerprint density at radius 2 is 1.94 bits per heavy atom. The van der Waals surface area contributed by atoms with Gasteiger partial charge >= 0.3 is 6.18 Å². The monoisotopic (exact) mass is 266 g/mol. The Kier molecular flexibility index (Phi) is 2.78. The lowest BCUT2D eigenvalue weighted by atomic mass is 10.1. The molecular weight excluding hydrogens is 264 g/mol. The first-order valence-electron chi connectivity index (χ1n) is 4.24. The van der Waals surface area contributed by atoms with Gasteiger partial charge in [0.25, 0.3) is 11.2 Å². The summed E-state index contributed by atoms with van der Waals surface area (Å²) in [7, 11) is 0. The summed E-state index contributed by atoms with van der Waals surface area (Å²) in [6.45, 7) is 0. The van der Waals surface area contributed by atoms with Crippen molar-refractivity contribution in [3.8, 4) is 11.5 Å². The van der Waals surface area contributed by atoms with Crippen LogP contribution in [0.3, 0.4) is 0 Å². The third-order valence-corrected chi connectivity index (χ3v) is 2.08. The van der Waals surface area contributed by atoms with Crippen LogP contribution in [0.25, 0.3) is 11.5 Å². The first kappa shape index (κ1) is 11.8. The van der Waals surface area contributed by atoms with Crippen LogP contribution in [-0.2, 0) is 6.18 Å². The lowest BCUT2D eigenvalue weighted by Crippen LogP contribution is -2.05. The van der Waals surface area contributed by atoms with Crippen LogP contribution in [0.15, 0.2) is 22.7 Å². The zero-order chi connectivity index (χ0) is 12.6. The summed E-state index contributed by atoms with van der Waals surface area (Å²) < 4.78 is 55.0. The highest BCUT2D eigenvalue weighted by Crippen LogP contribution is 2.33. The third kappa shape index (κ3) is 2.38. The molecule has 1 aromatic carbocycles. The van der Waals surface area contributed by atoms with Crippen molar-refractivity contribution in [3.05, 3.63) is 34.9 Å². The highest BCUT2D eigenvalue weighted by atomic mass is 35.5. The number of halogens is 5. The Bertz CT molecular complexity index is 552. The Morgan fingerprint density at radius 1 is 1.24 bits per heavy atom. The van der Waals surface area contributed by atoms with E-state index < -0.39 is 29.0 Å². The molecule has 0 aliphatic carbocycles. The van der Waals surface area contributed by atoms with E-state index in [0.717, 1.165) is 0 Å². The number of rotatable bonds is 1. The van der Waals surface area contributed by atoms with Gasteiger partial charge in [0.05, 0.1) is 11.1 Å². The fraction of sp³-hybridized carbons (Fsp3) is 0.111. The van der Waals surface area contributed by atoms with Gasteiger partial charge in [-0.25, -0.2) is 4.39 Å². The van der Waals surface area contributed by atoms with Crippen LogP contribution in [0.2, 0.25) is 5.28 Å². The van der Waals surface area contributed by atoms with Gasteiger partial charge in [0.15, 0.2) is 0 Å². The number of hydrogen-bond acceptors (Lipinski definition) is 3. The van der Waals surface area contributed by atoms with E-state index in [0.29, 0.717) is 18.2 Å². The molecule has 2 aromatic rings. The second-order valence-corrected chi connectivity index (χ2v) is 3.40. The zero-order valence-corrected chi connectivity index (χ0v) is 8.68. The fourth-order valence-electron chi connectivity index (χ4n) is 1.18. The average Bonchev–Trinajstić information content (AvgIpc) is 2.63. The van der Waals surface area contributed by atoms with E-state index in [-0.39, 0.29) is 5.28 Å². The van der Waals surface area contributed by atoms with E-state index in [1.54, 1.807) is 0 Å². The molecule has 0 aliphatic rings. The minimum absolute atomic E-state index is 0.309. The summed E-state index contributed by atoms with van der Waals surface area (Å²) in [6, 6.07) is 1.88. The van der Waals surface area contributed by atoms with Gasteiger partial charge in [-0.05, 0) is 35.0 Å². The van der Waals surface area contributed by atoms with Gasteiger partial charge in [-0.2, -0.15) is 18.2 Å². The molecule has 3 nitrogen and oxygen atoms in total. The predicted molar refractivity (Wildman–Crippen MR) is 49.7 cm³/mol. The molecule has 0 N–H and O–H groups in total. The zero-order valence-electron chi connectivity index (χ0n) is 7.92. The maximum atomic E-state index is 13.3. The van der Waals surface area contributed by atoms with Crippen molar-refractivity contribution < 1.29 is 22.1 Å². The molecule has 0 bridgehead atoms. The van der Waals surface area contributed by atoms with Crippen molar-refractivity contribution in [2.45, 2.75) is 6.18 Å². The highest BCUT2D eigenvalue weighted by Gasteiger charge is 2.31. The number of nitrogens with zero attached hydrogens (tertiary/aromatic N) is 2. The van der Waals surface area contributed by atoms with Crippen molar-refractivity contribution in [1.82, 2.24) is 10.1 Å². The van der Waals surface area contributed by atoms with E-state index in [2.05, 4.69) is 14.7 Å². The summed E-state index contributed by atoms with van der Waals surface area (Å²) in [5.41, 5.74) is -1.46. The average molecular weight is 267 g/mol. The summed E-state index contributed by atoms with van der Waals surface area (Å²) in [5, 5.41) is 2.85. The molecule has 2 rings (SSSR count). The van der Waals surface area contributed by atoms with Gasteiger partial charge in [-0.3, -0.25) is 0 Å². The van der Waals surface area contributed by atoms with E-state index in [1.807, 2.05) is 0 Å². The molecule has 0 spiro atoms. The number of aromatic nitrogens is 2. The maximum Gasteiger partial charge on any atom is 0.416 e. The molecule has 0 radical (unpaired) electrons. The number of benzene rings is 1. The minimum atomic E-state index is -4.58. The van der Waals surface area contributed by atoms with Crippen molar-refractivity contribution in [3.63, 3.8) is 0 Å². The predicted octanol–water partition coefficient (Wildman–Crippen LogP) is 3.55. The van der Waals surface area contributed by atoms with Crippen molar-refractivity contribution in [1.29, 1.82) is 0 Å². The smallest absolute Gasteiger partial charge is 0.333 e. The summed E-state index contributed by atoms with van der Waals surface area (Å²) >= 11 is 5.33. The lowest BCUT2D eigenvalue weighted by Gasteiger charge is -2.07. The molecule has 0 unspecified atom stereocenters. The van der Waals surface area contributed by atoms with Crippen LogP contribution in [0.5, 0.6) is 0 Å². The Balaban J connectivity index is 2.54. The molecule has 90 valence electrons. The van der Waals surface area contributed by atoms with Crippen LogP contribution in [0.1, 0.15) is 5.56 Å². The van der Waals surface area contributed by atoms with E-state index in [9.17, 15) is 17.6 Å². The van der Waals surface area contributed by atoms with Crippen molar-refractivity contribution >= 4 is 11.6 Å². The van der Waals surface area contributed by atoms with Crippen molar-refractivity contribution in [2.24, 2.45) is 0 Å². The van der Waals surface area contributed by atoms with Crippen LogP contribution >= 0.6 is 11.6 Å². The summed E-state index contributed by atoms with van der Waals surface area (Å²) in [5.74, 6) is -1.31. The molecule has 0 amide bonds. The normalized spacial score (nSPS) is 11.8. The Morgan fingerprint density at radius 3 is 2.47 bits per heavy atom. The van der Waals surface area contributed by atoms with E-state index >= 15 is 0 Å². The Hall–Kier alpha value is -1.63. The van der Waals surface area contributed by atoms with Gasteiger partial charge < -0.3 is 4.52 Å². The molecule has 0 saturated carbocycles. The first-order chi connectivity index (χ1) is 7.88. The molecule has 0 saturated heterocycles. The van der Waals surface area contributed by atoms with E-state index in [1.165, 1.54) is 0 Å². The van der Waals surface area contributed by atoms with Crippen LogP contribution in [0, 0.1) is 5.82 Å². The maximum absolute atomic E-state index is 13.3. The van der Waals surface area contributed by atoms with Crippen LogP contribution in [-0.4, -0.2) is 10.1 Å². The standard InChI is InChI=1S/C9H3ClF4N2O/c10-8-15-7(17-16-8)5-3-4(9(12,13)14)1-2-6(5)11/h1-3H. The second kappa shape index (κ2) is 3.99. The molecule has 0 aliphatic heterocycles. The van der Waals surface area contributed by atoms with Gasteiger partial charge in [0.1, 0.15) is 5.82 Å². The minimum Gasteiger partial charge on any atom is -0.333 e. The molecule has 0 atom stereocenters. The van der Waals surface area contributed by atoms with Gasteiger partial charge in [0, 0.05) is 0 Å². The highest BCUT2D eigenvalue weighted by molar-refractivity contribution is 6.28. The SMILES string of the molecule is Fc1ccc(C(F)(F)F)cc1-c1nc(Cl)no1. The van der Waals surface area contributed by atoms with Gasteiger partial charge in [0.2, 0.25) is 0 Å². The van der Waals surface area contributed by atoms with E-state index in [4.69, 9.17) is 11.6 Å². The largest absolute Gasteiger partial charge is 0.416 e. The summed E-state index contributed by atoms with van der Waals surface area (Å²) in [4.78, 5) is 3.45. The summed E-state index contributed by atoms with van der Waals surface area (Å²) in [6.07, 6.45) is -4.58. The molecule has 0 fully saturated rings. The second-order valence-electron chi connectivity index (χ2n) is 3.06. The van der Waals surface area contributed by atoms with Crippen LogP contribution in [0.4, 0.5) is 17.6 Å². The Labute approximate surface area is 97.0 Å². The molecule has 17 heavy (non-hydrogen) atoms. The first-order valence-corrected chi connectivity index (χ1v) is 4.62. The molecule has 1 aromatic heterocycles. The molecular formula is C9H3ClF4N2O. The topological polar surface area (TPSA) is 38.9 Å². The fourth-order valence-corrected chi connectivity index (χ4v) is 1.29. The molecule has 1 heterocycles. The quantitative estimate of drug-likeness (QED) is 0.741. The third-order valence-electron chi connectivity index (χ3n) is 1.93. The van der Waals surface area contributed by atoms with Crippen LogP contribution < -0.4 is 0 Å². The number of hydrogen-bond donors (Lipinski definition) is 0. The number of alkyl halides is 3. The van der Waals surface area contributed by atoms with Gasteiger partial charge in [-0.15, -0.1) is 0 Å².